The van der Waals surface area contributed by atoms with Crippen molar-refractivity contribution >= 4 is 16.5 Å². The Kier molecular flexibility index (Phi) is 4.47. The second-order valence-electron chi connectivity index (χ2n) is 8.04. The van der Waals surface area contributed by atoms with Gasteiger partial charge in [0.1, 0.15) is 5.75 Å². The Morgan fingerprint density at radius 1 is 0.848 bits per heavy atom. The molecule has 4 aromatic carbocycles. The fourth-order valence-corrected chi connectivity index (χ4v) is 4.80. The highest BCUT2D eigenvalue weighted by molar-refractivity contribution is 6.05. The van der Waals surface area contributed by atoms with Crippen LogP contribution in [-0.2, 0) is 0 Å². The maximum absolute atomic E-state index is 6.57. The molecule has 0 bridgehead atoms. The van der Waals surface area contributed by atoms with Crippen LogP contribution in [0.1, 0.15) is 11.8 Å². The summed E-state index contributed by atoms with van der Waals surface area (Å²) in [5.41, 5.74) is 4.12. The van der Waals surface area contributed by atoms with Crippen LogP contribution in [0.25, 0.3) is 21.9 Å². The summed E-state index contributed by atoms with van der Waals surface area (Å²) in [7, 11) is 5.35. The molecule has 6 rings (SSSR count). The molecule has 0 N–H and O–H groups in total. The van der Waals surface area contributed by atoms with Crippen molar-refractivity contribution in [2.24, 2.45) is 0 Å². The number of rotatable bonds is 4. The fourth-order valence-electron chi connectivity index (χ4n) is 4.80. The van der Waals surface area contributed by atoms with E-state index in [4.69, 9.17) is 23.7 Å². The van der Waals surface area contributed by atoms with Crippen molar-refractivity contribution in [1.29, 1.82) is 0 Å². The molecule has 0 spiro atoms. The van der Waals surface area contributed by atoms with E-state index >= 15 is 0 Å². The lowest BCUT2D eigenvalue weighted by Gasteiger charge is -2.39. The predicted octanol–water partition coefficient (Wildman–Crippen LogP) is 5.78. The third kappa shape index (κ3) is 2.94. The molecule has 2 aliphatic rings. The minimum absolute atomic E-state index is 0.239. The van der Waals surface area contributed by atoms with Crippen molar-refractivity contribution in [3.05, 3.63) is 72.3 Å². The van der Waals surface area contributed by atoms with Gasteiger partial charge in [0.05, 0.1) is 25.5 Å². The maximum atomic E-state index is 6.57. The van der Waals surface area contributed by atoms with Crippen LogP contribution < -0.4 is 28.6 Å². The Morgan fingerprint density at radius 3 is 2.36 bits per heavy atom. The molecular formula is C27H23NO5. The van der Waals surface area contributed by atoms with Gasteiger partial charge < -0.3 is 28.6 Å². The van der Waals surface area contributed by atoms with Gasteiger partial charge in [-0.05, 0) is 47.3 Å². The van der Waals surface area contributed by atoms with E-state index in [-0.39, 0.29) is 6.79 Å². The van der Waals surface area contributed by atoms with Crippen LogP contribution in [0.2, 0.25) is 0 Å². The van der Waals surface area contributed by atoms with Crippen LogP contribution in [0.15, 0.2) is 66.7 Å². The van der Waals surface area contributed by atoms with E-state index in [0.717, 1.165) is 50.4 Å². The van der Waals surface area contributed by atoms with Crippen LogP contribution in [0.5, 0.6) is 28.7 Å². The summed E-state index contributed by atoms with van der Waals surface area (Å²) in [4.78, 5) is 2.15. The smallest absolute Gasteiger partial charge is 0.231 e. The van der Waals surface area contributed by atoms with E-state index in [1.165, 1.54) is 0 Å². The molecule has 0 aliphatic carbocycles. The Bertz CT molecular complexity index is 1370. The molecule has 6 heteroatoms. The summed E-state index contributed by atoms with van der Waals surface area (Å²) in [5, 5.41) is 2.15. The van der Waals surface area contributed by atoms with Crippen molar-refractivity contribution in [3.63, 3.8) is 0 Å². The van der Waals surface area contributed by atoms with Gasteiger partial charge in [-0.15, -0.1) is 0 Å². The number of fused-ring (bicyclic) bond motifs is 6. The third-order valence-electron chi connectivity index (χ3n) is 6.30. The van der Waals surface area contributed by atoms with Gasteiger partial charge in [-0.25, -0.2) is 0 Å². The molecule has 0 amide bonds. The Balaban J connectivity index is 1.63. The van der Waals surface area contributed by atoms with Gasteiger partial charge in [0.2, 0.25) is 13.0 Å². The van der Waals surface area contributed by atoms with E-state index in [9.17, 15) is 0 Å². The number of ether oxygens (including phenoxy) is 5. The number of para-hydroxylation sites is 1. The summed E-state index contributed by atoms with van der Waals surface area (Å²) in [5.74, 6) is 3.62. The number of hydrogen-bond donors (Lipinski definition) is 0. The highest BCUT2D eigenvalue weighted by Crippen LogP contribution is 2.53. The summed E-state index contributed by atoms with van der Waals surface area (Å²) < 4.78 is 29.3. The predicted molar refractivity (Wildman–Crippen MR) is 127 cm³/mol. The van der Waals surface area contributed by atoms with Gasteiger partial charge in [0.15, 0.2) is 23.0 Å². The fraction of sp³-hybridized carbons (Fsp3) is 0.185. The van der Waals surface area contributed by atoms with Gasteiger partial charge >= 0.3 is 0 Å². The average molecular weight is 441 g/mol. The normalized spacial score (nSPS) is 15.7. The number of hydrogen-bond acceptors (Lipinski definition) is 6. The van der Waals surface area contributed by atoms with Crippen LogP contribution in [0.4, 0.5) is 5.69 Å². The first-order valence-electron chi connectivity index (χ1n) is 10.8. The lowest BCUT2D eigenvalue weighted by molar-refractivity contribution is 0.174. The number of methoxy groups -OCH3 is 2. The minimum Gasteiger partial charge on any atom is -0.493 e. The molecule has 4 aromatic rings. The first-order chi connectivity index (χ1) is 16.2. The number of benzene rings is 4. The molecule has 0 saturated heterocycles. The van der Waals surface area contributed by atoms with Gasteiger partial charge in [0, 0.05) is 18.0 Å². The molecule has 0 saturated carbocycles. The lowest BCUT2D eigenvalue weighted by atomic mass is 9.88. The van der Waals surface area contributed by atoms with Crippen molar-refractivity contribution in [1.82, 2.24) is 0 Å². The zero-order valence-electron chi connectivity index (χ0n) is 18.6. The van der Waals surface area contributed by atoms with E-state index in [0.29, 0.717) is 11.5 Å². The van der Waals surface area contributed by atoms with Gasteiger partial charge in [0.25, 0.3) is 0 Å². The van der Waals surface area contributed by atoms with Crippen molar-refractivity contribution in [2.45, 2.75) is 6.23 Å². The molecule has 1 unspecified atom stereocenters. The van der Waals surface area contributed by atoms with Crippen molar-refractivity contribution < 1.29 is 23.7 Å². The lowest BCUT2D eigenvalue weighted by Crippen LogP contribution is -2.33. The Hall–Kier alpha value is -4.06. The summed E-state index contributed by atoms with van der Waals surface area (Å²) in [6.45, 7) is 0.239. The third-order valence-corrected chi connectivity index (χ3v) is 6.30. The molecule has 0 fully saturated rings. The largest absolute Gasteiger partial charge is 0.493 e. The maximum Gasteiger partial charge on any atom is 0.231 e. The molecular weight excluding hydrogens is 418 g/mol. The van der Waals surface area contributed by atoms with Crippen molar-refractivity contribution in [3.8, 4) is 39.9 Å². The topological polar surface area (TPSA) is 49.4 Å². The highest BCUT2D eigenvalue weighted by atomic mass is 16.7. The zero-order chi connectivity index (χ0) is 22.5. The zero-order valence-corrected chi connectivity index (χ0v) is 18.6. The molecule has 0 radical (unpaired) electrons. The summed E-state index contributed by atoms with van der Waals surface area (Å²) in [6, 6.07) is 22.2. The molecule has 6 nitrogen and oxygen atoms in total. The molecule has 2 heterocycles. The monoisotopic (exact) mass is 441 g/mol. The second-order valence-corrected chi connectivity index (χ2v) is 8.04. The van der Waals surface area contributed by atoms with Gasteiger partial charge in [-0.1, -0.05) is 30.3 Å². The van der Waals surface area contributed by atoms with Crippen molar-refractivity contribution in [2.75, 3.05) is 33.0 Å². The molecule has 33 heavy (non-hydrogen) atoms. The highest BCUT2D eigenvalue weighted by Gasteiger charge is 2.36. The molecule has 0 aromatic heterocycles. The number of anilines is 1. The standard InChI is InChI=1S/C27H23NO5/c1-28-25-19(10-9-16-13-22-23(14-20(16)25)32-15-31-22)18-11-12-21(29-2)26(30-3)24(18)27(28)33-17-7-5-4-6-8-17/h4-14,27H,15H2,1-3H3. The summed E-state index contributed by atoms with van der Waals surface area (Å²) >= 11 is 0. The minimum atomic E-state index is -0.434. The van der Waals surface area contributed by atoms with Gasteiger partial charge in [-0.3, -0.25) is 0 Å². The first kappa shape index (κ1) is 19.6. The molecule has 2 aliphatic heterocycles. The molecule has 1 atom stereocenters. The van der Waals surface area contributed by atoms with Crippen LogP contribution >= 0.6 is 0 Å². The van der Waals surface area contributed by atoms with E-state index in [1.807, 2.05) is 49.5 Å². The van der Waals surface area contributed by atoms with Crippen LogP contribution in [0, 0.1) is 0 Å². The van der Waals surface area contributed by atoms with E-state index in [2.05, 4.69) is 29.2 Å². The Labute approximate surface area is 191 Å². The van der Waals surface area contributed by atoms with E-state index in [1.54, 1.807) is 14.2 Å². The first-order valence-corrected chi connectivity index (χ1v) is 10.8. The van der Waals surface area contributed by atoms with Crippen LogP contribution in [0.3, 0.4) is 0 Å². The number of nitrogens with zero attached hydrogens (tertiary/aromatic N) is 1. The van der Waals surface area contributed by atoms with Crippen LogP contribution in [-0.4, -0.2) is 28.1 Å². The van der Waals surface area contributed by atoms with E-state index < -0.39 is 6.23 Å². The average Bonchev–Trinajstić information content (AvgIpc) is 3.31. The Morgan fingerprint density at radius 2 is 1.61 bits per heavy atom. The molecule has 166 valence electrons. The quantitative estimate of drug-likeness (QED) is 0.400. The second kappa shape index (κ2) is 7.52. The van der Waals surface area contributed by atoms with Gasteiger partial charge in [-0.2, -0.15) is 0 Å². The SMILES string of the molecule is COc1ccc2c(c1OC)C(Oc1ccccc1)N(C)c1c-2ccc2cc3c(cc12)OCO3. The summed E-state index contributed by atoms with van der Waals surface area (Å²) in [6.07, 6.45) is -0.434.